The molecule has 1 fully saturated rings. The SMILES string of the molecule is CCCCOc1nc(N)c2nc(OC)n(CCCCCC3CCCOC3)c2n1. The van der Waals surface area contributed by atoms with Crippen LogP contribution in [-0.2, 0) is 11.3 Å². The molecule has 0 amide bonds. The second kappa shape index (κ2) is 10.5. The number of nitrogens with zero attached hydrogens (tertiary/aromatic N) is 4. The van der Waals surface area contributed by atoms with Crippen LogP contribution in [0.4, 0.5) is 5.82 Å². The van der Waals surface area contributed by atoms with Gasteiger partial charge in [0.1, 0.15) is 0 Å². The molecule has 3 heterocycles. The summed E-state index contributed by atoms with van der Waals surface area (Å²) in [6.45, 7) is 5.34. The molecule has 28 heavy (non-hydrogen) atoms. The first-order chi connectivity index (χ1) is 13.7. The minimum Gasteiger partial charge on any atom is -0.468 e. The zero-order valence-corrected chi connectivity index (χ0v) is 17.2. The number of nitrogens with two attached hydrogens (primary N) is 1. The third-order valence-corrected chi connectivity index (χ3v) is 5.23. The smallest absolute Gasteiger partial charge is 0.320 e. The van der Waals surface area contributed by atoms with Crippen molar-refractivity contribution in [3.8, 4) is 12.0 Å². The molecule has 0 aromatic carbocycles. The molecule has 0 spiro atoms. The van der Waals surface area contributed by atoms with E-state index in [0.29, 0.717) is 35.6 Å². The lowest BCUT2D eigenvalue weighted by Crippen LogP contribution is -2.17. The summed E-state index contributed by atoms with van der Waals surface area (Å²) in [5.74, 6) is 1.05. The molecule has 2 aromatic rings. The Balaban J connectivity index is 1.61. The van der Waals surface area contributed by atoms with Gasteiger partial charge in [-0.05, 0) is 38.0 Å². The number of hydrogen-bond acceptors (Lipinski definition) is 7. The van der Waals surface area contributed by atoms with Crippen LogP contribution >= 0.6 is 0 Å². The van der Waals surface area contributed by atoms with Crippen molar-refractivity contribution in [1.82, 2.24) is 19.5 Å². The molecular formula is C20H33N5O3. The molecule has 8 nitrogen and oxygen atoms in total. The van der Waals surface area contributed by atoms with Gasteiger partial charge in [0.15, 0.2) is 17.0 Å². The van der Waals surface area contributed by atoms with E-state index in [9.17, 15) is 0 Å². The molecule has 0 radical (unpaired) electrons. The van der Waals surface area contributed by atoms with Crippen molar-refractivity contribution in [2.45, 2.75) is 64.8 Å². The van der Waals surface area contributed by atoms with Gasteiger partial charge in [-0.3, -0.25) is 4.57 Å². The van der Waals surface area contributed by atoms with E-state index in [1.165, 1.54) is 25.7 Å². The monoisotopic (exact) mass is 391 g/mol. The standard InChI is InChI=1S/C20H33N5O3/c1-3-4-13-28-19-23-17(21)16-18(24-19)25(20(22-16)26-2)11-7-5-6-9-15-10-8-12-27-14-15/h15H,3-14H2,1-2H3,(H2,21,23,24). The molecule has 0 bridgehead atoms. The lowest BCUT2D eigenvalue weighted by molar-refractivity contribution is 0.0507. The Kier molecular flexibility index (Phi) is 7.71. The van der Waals surface area contributed by atoms with E-state index in [0.717, 1.165) is 51.4 Å². The van der Waals surface area contributed by atoms with Gasteiger partial charge in [0.05, 0.1) is 13.7 Å². The van der Waals surface area contributed by atoms with Crippen LogP contribution in [0, 0.1) is 5.92 Å². The molecule has 1 aliphatic heterocycles. The number of unbranched alkanes of at least 4 members (excludes halogenated alkanes) is 3. The molecule has 2 aromatic heterocycles. The van der Waals surface area contributed by atoms with Crippen LogP contribution < -0.4 is 15.2 Å². The fourth-order valence-electron chi connectivity index (χ4n) is 3.63. The van der Waals surface area contributed by atoms with E-state index in [2.05, 4.69) is 21.9 Å². The van der Waals surface area contributed by atoms with Gasteiger partial charge in [-0.2, -0.15) is 15.0 Å². The lowest BCUT2D eigenvalue weighted by Gasteiger charge is -2.21. The van der Waals surface area contributed by atoms with Crippen molar-refractivity contribution in [3.63, 3.8) is 0 Å². The average Bonchev–Trinajstić information content (AvgIpc) is 3.07. The summed E-state index contributed by atoms with van der Waals surface area (Å²) >= 11 is 0. The number of ether oxygens (including phenoxy) is 3. The molecule has 3 rings (SSSR count). The molecule has 1 saturated heterocycles. The number of imidazole rings is 1. The Bertz CT molecular complexity index is 743. The predicted molar refractivity (Wildman–Crippen MR) is 109 cm³/mol. The first-order valence-corrected chi connectivity index (χ1v) is 10.5. The fraction of sp³-hybridized carbons (Fsp3) is 0.750. The van der Waals surface area contributed by atoms with Crippen LogP contribution in [0.5, 0.6) is 12.0 Å². The Morgan fingerprint density at radius 1 is 1.18 bits per heavy atom. The van der Waals surface area contributed by atoms with Crippen molar-refractivity contribution in [2.24, 2.45) is 5.92 Å². The van der Waals surface area contributed by atoms with Crippen LogP contribution in [0.1, 0.15) is 58.3 Å². The lowest BCUT2D eigenvalue weighted by atomic mass is 9.96. The molecule has 8 heteroatoms. The van der Waals surface area contributed by atoms with Crippen LogP contribution in [0.2, 0.25) is 0 Å². The number of hydrogen-bond donors (Lipinski definition) is 1. The van der Waals surface area contributed by atoms with E-state index < -0.39 is 0 Å². The average molecular weight is 392 g/mol. The summed E-state index contributed by atoms with van der Waals surface area (Å²) in [5, 5.41) is 0. The maximum absolute atomic E-state index is 6.08. The number of rotatable bonds is 11. The summed E-state index contributed by atoms with van der Waals surface area (Å²) in [4.78, 5) is 13.2. The van der Waals surface area contributed by atoms with Crippen molar-refractivity contribution in [1.29, 1.82) is 0 Å². The van der Waals surface area contributed by atoms with Gasteiger partial charge < -0.3 is 19.9 Å². The molecular weight excluding hydrogens is 358 g/mol. The highest BCUT2D eigenvalue weighted by molar-refractivity contribution is 5.83. The van der Waals surface area contributed by atoms with Crippen LogP contribution in [0.3, 0.4) is 0 Å². The summed E-state index contributed by atoms with van der Waals surface area (Å²) < 4.78 is 18.6. The Morgan fingerprint density at radius 2 is 2.07 bits per heavy atom. The Morgan fingerprint density at radius 3 is 2.82 bits per heavy atom. The highest BCUT2D eigenvalue weighted by atomic mass is 16.5. The number of aromatic nitrogens is 4. The van der Waals surface area contributed by atoms with Crippen molar-refractivity contribution in [3.05, 3.63) is 0 Å². The number of anilines is 1. The zero-order valence-electron chi connectivity index (χ0n) is 17.2. The third-order valence-electron chi connectivity index (χ3n) is 5.23. The van der Waals surface area contributed by atoms with Crippen molar-refractivity contribution >= 4 is 17.0 Å². The number of nitrogen functional groups attached to an aromatic ring is 1. The third kappa shape index (κ3) is 5.25. The molecule has 0 aliphatic carbocycles. The van der Waals surface area contributed by atoms with Gasteiger partial charge in [-0.1, -0.05) is 26.2 Å². The highest BCUT2D eigenvalue weighted by Crippen LogP contribution is 2.26. The summed E-state index contributed by atoms with van der Waals surface area (Å²) in [6, 6.07) is 0.821. The highest BCUT2D eigenvalue weighted by Gasteiger charge is 2.18. The van der Waals surface area contributed by atoms with Gasteiger partial charge in [-0.25, -0.2) is 0 Å². The van der Waals surface area contributed by atoms with Crippen LogP contribution in [-0.4, -0.2) is 46.4 Å². The maximum Gasteiger partial charge on any atom is 0.320 e. The minimum absolute atomic E-state index is 0.305. The molecule has 2 N–H and O–H groups in total. The topological polar surface area (TPSA) is 97.3 Å². The summed E-state index contributed by atoms with van der Waals surface area (Å²) in [6.07, 6.45) is 9.15. The predicted octanol–water partition coefficient (Wildman–Crippen LogP) is 3.58. The number of aryl methyl sites for hydroxylation is 1. The second-order valence-corrected chi connectivity index (χ2v) is 7.45. The zero-order chi connectivity index (χ0) is 19.8. The van der Waals surface area contributed by atoms with Gasteiger partial charge in [0.25, 0.3) is 6.01 Å². The van der Waals surface area contributed by atoms with Gasteiger partial charge >= 0.3 is 6.01 Å². The molecule has 0 saturated carbocycles. The van der Waals surface area contributed by atoms with E-state index in [-0.39, 0.29) is 0 Å². The molecule has 1 unspecified atom stereocenters. The van der Waals surface area contributed by atoms with Crippen molar-refractivity contribution < 1.29 is 14.2 Å². The maximum atomic E-state index is 6.08. The van der Waals surface area contributed by atoms with Crippen LogP contribution in [0.25, 0.3) is 11.2 Å². The first kappa shape index (κ1) is 20.6. The van der Waals surface area contributed by atoms with Gasteiger partial charge in [0, 0.05) is 19.8 Å². The van der Waals surface area contributed by atoms with Gasteiger partial charge in [0.2, 0.25) is 0 Å². The summed E-state index contributed by atoms with van der Waals surface area (Å²) in [7, 11) is 1.61. The quantitative estimate of drug-likeness (QED) is 0.585. The van der Waals surface area contributed by atoms with Crippen molar-refractivity contribution in [2.75, 3.05) is 32.7 Å². The van der Waals surface area contributed by atoms with E-state index in [1.54, 1.807) is 7.11 Å². The first-order valence-electron chi connectivity index (χ1n) is 10.5. The number of fused-ring (bicyclic) bond motifs is 1. The Labute approximate surface area is 166 Å². The van der Waals surface area contributed by atoms with E-state index >= 15 is 0 Å². The normalized spacial score (nSPS) is 17.1. The second-order valence-electron chi connectivity index (χ2n) is 7.45. The van der Waals surface area contributed by atoms with Gasteiger partial charge in [-0.15, -0.1) is 0 Å². The fourth-order valence-corrected chi connectivity index (χ4v) is 3.63. The van der Waals surface area contributed by atoms with E-state index in [4.69, 9.17) is 19.9 Å². The van der Waals surface area contributed by atoms with E-state index in [1.807, 2.05) is 4.57 Å². The minimum atomic E-state index is 0.305. The molecule has 1 aliphatic rings. The molecule has 1 atom stereocenters. The summed E-state index contributed by atoms with van der Waals surface area (Å²) in [5.41, 5.74) is 7.33. The largest absolute Gasteiger partial charge is 0.468 e. The number of methoxy groups -OCH3 is 1. The molecule has 156 valence electrons. The van der Waals surface area contributed by atoms with Crippen LogP contribution in [0.15, 0.2) is 0 Å². The Hall–Kier alpha value is -2.09.